The third kappa shape index (κ3) is 3.84. The van der Waals surface area contributed by atoms with E-state index in [0.717, 1.165) is 20.5 Å². The Bertz CT molecular complexity index is 896. The first-order chi connectivity index (χ1) is 12.1. The van der Waals surface area contributed by atoms with E-state index in [2.05, 4.69) is 27.7 Å². The Kier molecular flexibility index (Phi) is 5.37. The number of rotatable bonds is 5. The Labute approximate surface area is 160 Å². The van der Waals surface area contributed by atoms with Crippen molar-refractivity contribution >= 4 is 34.6 Å². The average molecular weight is 447 g/mol. The predicted molar refractivity (Wildman–Crippen MR) is 106 cm³/mol. The van der Waals surface area contributed by atoms with E-state index >= 15 is 0 Å². The molecule has 0 unspecified atom stereocenters. The van der Waals surface area contributed by atoms with Crippen LogP contribution < -0.4 is 0 Å². The lowest BCUT2D eigenvalue weighted by molar-refractivity contribution is -0.136. The smallest absolute Gasteiger partial charge is 0.335 e. The van der Waals surface area contributed by atoms with Crippen molar-refractivity contribution in [3.8, 4) is 11.3 Å². The van der Waals surface area contributed by atoms with Crippen LogP contribution in [0, 0.1) is 3.57 Å². The lowest BCUT2D eigenvalue weighted by Gasteiger charge is -2.06. The number of esters is 1. The van der Waals surface area contributed by atoms with Crippen LogP contribution >= 0.6 is 22.6 Å². The van der Waals surface area contributed by atoms with Gasteiger partial charge >= 0.3 is 5.97 Å². The summed E-state index contributed by atoms with van der Waals surface area (Å²) in [5.74, 6) is -0.351. The van der Waals surface area contributed by atoms with Gasteiger partial charge in [0.05, 0.1) is 34.2 Å². The van der Waals surface area contributed by atoms with Gasteiger partial charge in [0.15, 0.2) is 0 Å². The van der Waals surface area contributed by atoms with Gasteiger partial charge in [-0.2, -0.15) is 5.10 Å². The van der Waals surface area contributed by atoms with Gasteiger partial charge in [-0.3, -0.25) is 4.68 Å². The maximum atomic E-state index is 12.2. The number of carbonyl (C=O) groups is 1. The van der Waals surface area contributed by atoms with E-state index in [0.29, 0.717) is 12.1 Å². The van der Waals surface area contributed by atoms with E-state index in [1.54, 1.807) is 6.08 Å². The highest BCUT2D eigenvalue weighted by atomic mass is 127. The van der Waals surface area contributed by atoms with Crippen LogP contribution in [0.15, 0.2) is 60.4 Å². The maximum absolute atomic E-state index is 12.2. The van der Waals surface area contributed by atoms with E-state index in [9.17, 15) is 4.79 Å². The molecule has 1 aromatic carbocycles. The molecule has 0 aliphatic heterocycles. The maximum Gasteiger partial charge on any atom is 0.335 e. The summed E-state index contributed by atoms with van der Waals surface area (Å²) >= 11 is 2.28. The molecule has 25 heavy (non-hydrogen) atoms. The van der Waals surface area contributed by atoms with Crippen molar-refractivity contribution in [3.63, 3.8) is 0 Å². The van der Waals surface area contributed by atoms with Crippen molar-refractivity contribution in [1.29, 1.82) is 0 Å². The first-order valence-corrected chi connectivity index (χ1v) is 8.85. The van der Waals surface area contributed by atoms with Gasteiger partial charge in [0, 0.05) is 25.0 Å². The lowest BCUT2D eigenvalue weighted by Crippen LogP contribution is -2.10. The summed E-state index contributed by atoms with van der Waals surface area (Å²) < 4.78 is 9.71. The molecule has 2 aromatic heterocycles. The van der Waals surface area contributed by atoms with Crippen LogP contribution in [0.2, 0.25) is 0 Å². The number of hydrogen-bond acceptors (Lipinski definition) is 3. The van der Waals surface area contributed by atoms with E-state index in [1.165, 1.54) is 7.11 Å². The number of aryl methyl sites for hydroxylation is 1. The van der Waals surface area contributed by atoms with Crippen LogP contribution in [0.3, 0.4) is 0 Å². The van der Waals surface area contributed by atoms with Gasteiger partial charge in [-0.1, -0.05) is 30.3 Å². The monoisotopic (exact) mass is 447 g/mol. The van der Waals surface area contributed by atoms with Crippen LogP contribution in [0.1, 0.15) is 5.69 Å². The molecule has 0 aliphatic rings. The number of ether oxygens (including phenoxy) is 1. The Morgan fingerprint density at radius 3 is 2.52 bits per heavy atom. The van der Waals surface area contributed by atoms with Gasteiger partial charge in [-0.25, -0.2) is 4.79 Å². The second-order valence-corrected chi connectivity index (χ2v) is 6.63. The van der Waals surface area contributed by atoms with E-state index in [4.69, 9.17) is 4.74 Å². The zero-order valence-corrected chi connectivity index (χ0v) is 16.2. The second kappa shape index (κ2) is 7.69. The summed E-state index contributed by atoms with van der Waals surface area (Å²) in [5.41, 5.74) is 3.42. The van der Waals surface area contributed by atoms with Crippen molar-refractivity contribution in [2.45, 2.75) is 6.54 Å². The molecule has 0 saturated heterocycles. The van der Waals surface area contributed by atoms with Crippen molar-refractivity contribution in [3.05, 3.63) is 69.7 Å². The number of halogens is 1. The Morgan fingerprint density at radius 2 is 1.88 bits per heavy atom. The van der Waals surface area contributed by atoms with Crippen LogP contribution in [0.5, 0.6) is 0 Å². The van der Waals surface area contributed by atoms with Gasteiger partial charge in [0.25, 0.3) is 0 Å². The molecule has 128 valence electrons. The van der Waals surface area contributed by atoms with E-state index in [-0.39, 0.29) is 5.97 Å². The SMILES string of the molecule is COC(=O)/C(=C/c1nn(C)c(-c2ccccc2)c1I)Cn1cccc1. The number of methoxy groups -OCH3 is 1. The molecule has 6 heteroatoms. The van der Waals surface area contributed by atoms with Gasteiger partial charge in [0.2, 0.25) is 0 Å². The van der Waals surface area contributed by atoms with Gasteiger partial charge < -0.3 is 9.30 Å². The number of carbonyl (C=O) groups excluding carboxylic acids is 1. The van der Waals surface area contributed by atoms with Crippen molar-refractivity contribution in [2.75, 3.05) is 7.11 Å². The third-order valence-corrected chi connectivity index (χ3v) is 4.90. The summed E-state index contributed by atoms with van der Waals surface area (Å²) in [6.07, 6.45) is 5.63. The van der Waals surface area contributed by atoms with Crippen molar-refractivity contribution in [1.82, 2.24) is 14.3 Å². The molecule has 0 bridgehead atoms. The standard InChI is InChI=1S/C19H18IN3O2/c1-22-18(14-8-4-3-5-9-14)17(20)16(21-22)12-15(19(24)25-2)13-23-10-6-7-11-23/h3-12H,13H2,1-2H3/b15-12+. The van der Waals surface area contributed by atoms with Crippen molar-refractivity contribution in [2.24, 2.45) is 7.05 Å². The zero-order chi connectivity index (χ0) is 17.8. The number of aromatic nitrogens is 3. The minimum Gasteiger partial charge on any atom is -0.466 e. The molecule has 0 saturated carbocycles. The quantitative estimate of drug-likeness (QED) is 0.340. The fourth-order valence-corrected chi connectivity index (χ4v) is 3.58. The number of hydrogen-bond donors (Lipinski definition) is 0. The number of benzene rings is 1. The molecule has 0 aliphatic carbocycles. The summed E-state index contributed by atoms with van der Waals surface area (Å²) in [7, 11) is 3.30. The zero-order valence-electron chi connectivity index (χ0n) is 14.0. The normalized spacial score (nSPS) is 11.6. The molecule has 0 amide bonds. The van der Waals surface area contributed by atoms with Gasteiger partial charge in [-0.05, 0) is 40.8 Å². The highest BCUT2D eigenvalue weighted by Gasteiger charge is 2.17. The molecule has 5 nitrogen and oxygen atoms in total. The van der Waals surface area contributed by atoms with E-state index in [1.807, 2.05) is 71.2 Å². The minimum atomic E-state index is -0.351. The third-order valence-electron chi connectivity index (χ3n) is 3.84. The molecule has 0 atom stereocenters. The Morgan fingerprint density at radius 1 is 1.20 bits per heavy atom. The molecular weight excluding hydrogens is 429 g/mol. The van der Waals surface area contributed by atoms with Crippen LogP contribution in [0.25, 0.3) is 17.3 Å². The van der Waals surface area contributed by atoms with Crippen LogP contribution in [-0.2, 0) is 23.1 Å². The highest BCUT2D eigenvalue weighted by molar-refractivity contribution is 14.1. The predicted octanol–water partition coefficient (Wildman–Crippen LogP) is 3.75. The first kappa shape index (κ1) is 17.5. The molecule has 0 radical (unpaired) electrons. The first-order valence-electron chi connectivity index (χ1n) is 7.77. The van der Waals surface area contributed by atoms with Crippen LogP contribution in [0.4, 0.5) is 0 Å². The lowest BCUT2D eigenvalue weighted by atomic mass is 10.1. The number of nitrogens with zero attached hydrogens (tertiary/aromatic N) is 3. The van der Waals surface area contributed by atoms with Gasteiger partial charge in [-0.15, -0.1) is 0 Å². The molecular formula is C19H18IN3O2. The van der Waals surface area contributed by atoms with Crippen LogP contribution in [-0.4, -0.2) is 27.4 Å². The highest BCUT2D eigenvalue weighted by Crippen LogP contribution is 2.28. The molecule has 3 aromatic rings. The topological polar surface area (TPSA) is 49.0 Å². The summed E-state index contributed by atoms with van der Waals surface area (Å²) in [6.45, 7) is 0.437. The van der Waals surface area contributed by atoms with Gasteiger partial charge in [0.1, 0.15) is 0 Å². The molecule has 0 N–H and O–H groups in total. The van der Waals surface area contributed by atoms with E-state index < -0.39 is 0 Å². The molecule has 3 rings (SSSR count). The summed E-state index contributed by atoms with van der Waals surface area (Å²) in [5, 5.41) is 4.59. The Hall–Kier alpha value is -2.35. The molecule has 0 spiro atoms. The fraction of sp³-hybridized carbons (Fsp3) is 0.158. The molecule has 2 heterocycles. The second-order valence-electron chi connectivity index (χ2n) is 5.55. The average Bonchev–Trinajstić information content (AvgIpc) is 3.22. The summed E-state index contributed by atoms with van der Waals surface area (Å²) in [4.78, 5) is 12.2. The van der Waals surface area contributed by atoms with Crippen molar-refractivity contribution < 1.29 is 9.53 Å². The molecule has 0 fully saturated rings. The fourth-order valence-electron chi connectivity index (χ4n) is 2.66. The minimum absolute atomic E-state index is 0.351. The Balaban J connectivity index is 2.02. The summed E-state index contributed by atoms with van der Waals surface area (Å²) in [6, 6.07) is 13.9. The largest absolute Gasteiger partial charge is 0.466 e.